The van der Waals surface area contributed by atoms with Crippen LogP contribution in [0.25, 0.3) is 5.82 Å². The van der Waals surface area contributed by atoms with Crippen molar-refractivity contribution in [2.24, 2.45) is 0 Å². The summed E-state index contributed by atoms with van der Waals surface area (Å²) in [5, 5.41) is 13.4. The summed E-state index contributed by atoms with van der Waals surface area (Å²) in [6.45, 7) is 4.49. The van der Waals surface area contributed by atoms with Crippen LogP contribution in [0, 0.1) is 25.2 Å². The Kier molecular flexibility index (Phi) is 3.39. The van der Waals surface area contributed by atoms with E-state index in [1.54, 1.807) is 17.1 Å². The second-order valence-electron chi connectivity index (χ2n) is 5.14. The van der Waals surface area contributed by atoms with Crippen molar-refractivity contribution in [1.82, 2.24) is 19.3 Å². The van der Waals surface area contributed by atoms with Crippen LogP contribution in [0.2, 0.25) is 0 Å². The van der Waals surface area contributed by atoms with Gasteiger partial charge in [0.05, 0.1) is 5.56 Å². The van der Waals surface area contributed by atoms with Crippen molar-refractivity contribution in [2.75, 3.05) is 5.73 Å². The predicted octanol–water partition coefficient (Wildman–Crippen LogP) is 2.19. The number of hydrogen-bond acceptors (Lipinski definition) is 4. The molecule has 3 aromatic rings. The molecular formula is C16H16N6. The molecule has 22 heavy (non-hydrogen) atoms. The summed E-state index contributed by atoms with van der Waals surface area (Å²) in [6, 6.07) is 7.93. The van der Waals surface area contributed by atoms with Gasteiger partial charge in [-0.05, 0) is 43.2 Å². The first kappa shape index (κ1) is 13.9. The summed E-state index contributed by atoms with van der Waals surface area (Å²) >= 11 is 0. The lowest BCUT2D eigenvalue weighted by Gasteiger charge is -2.10. The van der Waals surface area contributed by atoms with E-state index in [4.69, 9.17) is 5.73 Å². The maximum absolute atomic E-state index is 9.21. The molecular weight excluding hydrogens is 276 g/mol. The molecule has 0 spiro atoms. The fourth-order valence-corrected chi connectivity index (χ4v) is 2.51. The molecule has 0 unspecified atom stereocenters. The van der Waals surface area contributed by atoms with Crippen molar-refractivity contribution < 1.29 is 0 Å². The number of hydrogen-bond donors (Lipinski definition) is 1. The summed E-state index contributed by atoms with van der Waals surface area (Å²) in [4.78, 5) is 4.31. The van der Waals surface area contributed by atoms with Gasteiger partial charge in [0.15, 0.2) is 5.82 Å². The van der Waals surface area contributed by atoms with Crippen LogP contribution in [-0.2, 0) is 6.54 Å². The van der Waals surface area contributed by atoms with E-state index in [0.717, 1.165) is 22.6 Å². The first-order valence-electron chi connectivity index (χ1n) is 6.92. The summed E-state index contributed by atoms with van der Waals surface area (Å²) in [6.07, 6.45) is 5.31. The van der Waals surface area contributed by atoms with E-state index >= 15 is 0 Å². The average Bonchev–Trinajstić information content (AvgIpc) is 3.12. The highest BCUT2D eigenvalue weighted by Crippen LogP contribution is 2.24. The zero-order valence-corrected chi connectivity index (χ0v) is 12.5. The van der Waals surface area contributed by atoms with Gasteiger partial charge in [-0.15, -0.1) is 0 Å². The number of rotatable bonds is 3. The van der Waals surface area contributed by atoms with Gasteiger partial charge in [0.1, 0.15) is 11.9 Å². The molecule has 110 valence electrons. The van der Waals surface area contributed by atoms with E-state index in [1.807, 2.05) is 42.8 Å². The molecule has 6 heteroatoms. The van der Waals surface area contributed by atoms with Gasteiger partial charge in [-0.2, -0.15) is 10.4 Å². The van der Waals surface area contributed by atoms with Gasteiger partial charge in [0.2, 0.25) is 0 Å². The molecule has 3 aromatic heterocycles. The van der Waals surface area contributed by atoms with E-state index in [1.165, 1.54) is 0 Å². The molecule has 0 aliphatic heterocycles. The van der Waals surface area contributed by atoms with Gasteiger partial charge in [-0.25, -0.2) is 9.67 Å². The number of nitriles is 1. The van der Waals surface area contributed by atoms with Crippen molar-refractivity contribution in [3.05, 3.63) is 59.2 Å². The van der Waals surface area contributed by atoms with E-state index in [9.17, 15) is 5.26 Å². The Labute approximate surface area is 128 Å². The Morgan fingerprint density at radius 3 is 2.77 bits per heavy atom. The second-order valence-corrected chi connectivity index (χ2v) is 5.14. The molecule has 0 bridgehead atoms. The van der Waals surface area contributed by atoms with Gasteiger partial charge < -0.3 is 10.3 Å². The first-order chi connectivity index (χ1) is 10.6. The SMILES string of the molecule is Cc1c(C#N)c(N)n(Cc2ccnc(-n3cccn3)c2)c1C. The quantitative estimate of drug-likeness (QED) is 0.801. The molecule has 0 aromatic carbocycles. The van der Waals surface area contributed by atoms with Gasteiger partial charge in [0, 0.05) is 30.8 Å². The second kappa shape index (κ2) is 5.37. The molecule has 3 heterocycles. The van der Waals surface area contributed by atoms with Crippen LogP contribution in [0.5, 0.6) is 0 Å². The van der Waals surface area contributed by atoms with Gasteiger partial charge >= 0.3 is 0 Å². The highest BCUT2D eigenvalue weighted by Gasteiger charge is 2.15. The molecule has 2 N–H and O–H groups in total. The average molecular weight is 292 g/mol. The van der Waals surface area contributed by atoms with Crippen LogP contribution in [0.3, 0.4) is 0 Å². The molecule has 0 saturated heterocycles. The van der Waals surface area contributed by atoms with Crippen LogP contribution >= 0.6 is 0 Å². The molecule has 3 rings (SSSR count). The lowest BCUT2D eigenvalue weighted by atomic mass is 10.2. The Morgan fingerprint density at radius 1 is 1.32 bits per heavy atom. The lowest BCUT2D eigenvalue weighted by molar-refractivity contribution is 0.775. The van der Waals surface area contributed by atoms with Gasteiger partial charge in [-0.1, -0.05) is 0 Å². The molecule has 0 saturated carbocycles. The molecule has 0 atom stereocenters. The summed E-state index contributed by atoms with van der Waals surface area (Å²) in [5.74, 6) is 1.26. The third-order valence-electron chi connectivity index (χ3n) is 3.87. The highest BCUT2D eigenvalue weighted by molar-refractivity contribution is 5.58. The van der Waals surface area contributed by atoms with Crippen LogP contribution in [0.15, 0.2) is 36.8 Å². The number of nitrogens with zero attached hydrogens (tertiary/aromatic N) is 5. The summed E-state index contributed by atoms with van der Waals surface area (Å²) in [5.41, 5.74) is 9.65. The largest absolute Gasteiger partial charge is 0.384 e. The Bertz CT molecular complexity index is 852. The number of aromatic nitrogens is 4. The van der Waals surface area contributed by atoms with E-state index in [0.29, 0.717) is 17.9 Å². The van der Waals surface area contributed by atoms with Crippen LogP contribution < -0.4 is 5.73 Å². The third-order valence-corrected chi connectivity index (χ3v) is 3.87. The molecule has 0 aliphatic carbocycles. The molecule has 0 amide bonds. The maximum atomic E-state index is 9.21. The Hall–Kier alpha value is -3.07. The van der Waals surface area contributed by atoms with E-state index in [-0.39, 0.29) is 0 Å². The van der Waals surface area contributed by atoms with Crippen LogP contribution in [-0.4, -0.2) is 19.3 Å². The standard InChI is InChI=1S/C16H16N6/c1-11-12(2)21(16(18)14(11)9-17)10-13-4-6-19-15(8-13)22-7-3-5-20-22/h3-8H,10,18H2,1-2H3. The molecule has 0 radical (unpaired) electrons. The van der Waals surface area contributed by atoms with Gasteiger partial charge in [0.25, 0.3) is 0 Å². The zero-order chi connectivity index (χ0) is 15.7. The molecule has 0 aliphatic rings. The third kappa shape index (κ3) is 2.23. The molecule has 0 fully saturated rings. The normalized spacial score (nSPS) is 10.6. The van der Waals surface area contributed by atoms with Crippen molar-refractivity contribution in [3.8, 4) is 11.9 Å². The minimum absolute atomic E-state index is 0.509. The Balaban J connectivity index is 1.98. The smallest absolute Gasteiger partial charge is 0.153 e. The van der Waals surface area contributed by atoms with Gasteiger partial charge in [-0.3, -0.25) is 0 Å². The number of anilines is 1. The number of nitrogens with two attached hydrogens (primary N) is 1. The Morgan fingerprint density at radius 2 is 2.14 bits per heavy atom. The fourth-order valence-electron chi connectivity index (χ4n) is 2.51. The lowest BCUT2D eigenvalue weighted by Crippen LogP contribution is -2.07. The zero-order valence-electron chi connectivity index (χ0n) is 12.5. The number of pyridine rings is 1. The number of nitrogen functional groups attached to an aromatic ring is 1. The van der Waals surface area contributed by atoms with E-state index < -0.39 is 0 Å². The van der Waals surface area contributed by atoms with Crippen molar-refractivity contribution in [2.45, 2.75) is 20.4 Å². The first-order valence-corrected chi connectivity index (χ1v) is 6.92. The molecule has 6 nitrogen and oxygen atoms in total. The van der Waals surface area contributed by atoms with Crippen molar-refractivity contribution >= 4 is 5.82 Å². The van der Waals surface area contributed by atoms with E-state index in [2.05, 4.69) is 16.2 Å². The maximum Gasteiger partial charge on any atom is 0.153 e. The predicted molar refractivity (Wildman–Crippen MR) is 83.5 cm³/mol. The monoisotopic (exact) mass is 292 g/mol. The fraction of sp³-hybridized carbons (Fsp3) is 0.188. The van der Waals surface area contributed by atoms with Crippen molar-refractivity contribution in [3.63, 3.8) is 0 Å². The van der Waals surface area contributed by atoms with Crippen LogP contribution in [0.4, 0.5) is 5.82 Å². The highest BCUT2D eigenvalue weighted by atomic mass is 15.3. The topological polar surface area (TPSA) is 85.5 Å². The summed E-state index contributed by atoms with van der Waals surface area (Å²) in [7, 11) is 0. The minimum Gasteiger partial charge on any atom is -0.384 e. The van der Waals surface area contributed by atoms with Crippen molar-refractivity contribution in [1.29, 1.82) is 5.26 Å². The van der Waals surface area contributed by atoms with Crippen LogP contribution in [0.1, 0.15) is 22.4 Å². The summed E-state index contributed by atoms with van der Waals surface area (Å²) < 4.78 is 3.66. The minimum atomic E-state index is 0.509.